The van der Waals surface area contributed by atoms with Crippen LogP contribution < -0.4 is 19.7 Å². The number of aromatic nitrogens is 2. The summed E-state index contributed by atoms with van der Waals surface area (Å²) in [6, 6.07) is 20.6. The summed E-state index contributed by atoms with van der Waals surface area (Å²) in [6.07, 6.45) is 1.79. The fourth-order valence-electron chi connectivity index (χ4n) is 5.29. The van der Waals surface area contributed by atoms with Crippen LogP contribution in [0, 0.1) is 13.8 Å². The lowest BCUT2D eigenvalue weighted by atomic mass is 9.96. The molecule has 4 aromatic rings. The Kier molecular flexibility index (Phi) is 7.26. The summed E-state index contributed by atoms with van der Waals surface area (Å²) in [5.41, 5.74) is 6.10. The predicted molar refractivity (Wildman–Crippen MR) is 154 cm³/mol. The van der Waals surface area contributed by atoms with Gasteiger partial charge < -0.3 is 29.0 Å². The maximum atomic E-state index is 12.2. The topological polar surface area (TPSA) is 77.9 Å². The van der Waals surface area contributed by atoms with Crippen molar-refractivity contribution in [2.45, 2.75) is 25.9 Å². The number of pyridine rings is 1. The SMILES string of the molecule is COC(=O)c1cccc(-n2c(C)cc([C@@H]3[C@@H](c4ccccn4)NC(=S)N3c3cc(OC)ccc3OC)c2C)c1. The van der Waals surface area contributed by atoms with E-state index in [0.717, 1.165) is 34.0 Å². The molecule has 0 aliphatic carbocycles. The van der Waals surface area contributed by atoms with Crippen LogP contribution in [0.4, 0.5) is 5.69 Å². The van der Waals surface area contributed by atoms with Crippen LogP contribution in [0.15, 0.2) is 72.9 Å². The number of esters is 1. The summed E-state index contributed by atoms with van der Waals surface area (Å²) in [6.45, 7) is 4.12. The Morgan fingerprint density at radius 2 is 1.79 bits per heavy atom. The first-order chi connectivity index (χ1) is 18.9. The van der Waals surface area contributed by atoms with Gasteiger partial charge in [0, 0.05) is 29.3 Å². The monoisotopic (exact) mass is 542 g/mol. The second kappa shape index (κ2) is 10.8. The molecule has 3 heterocycles. The Hall–Kier alpha value is -4.37. The summed E-state index contributed by atoms with van der Waals surface area (Å²) >= 11 is 5.93. The number of ether oxygens (including phenoxy) is 3. The molecular formula is C30H30N4O4S. The van der Waals surface area contributed by atoms with Crippen LogP contribution in [0.25, 0.3) is 5.69 Å². The van der Waals surface area contributed by atoms with E-state index in [-0.39, 0.29) is 18.1 Å². The first kappa shape index (κ1) is 26.2. The number of carbonyl (C=O) groups excluding carboxylic acids is 1. The molecule has 0 amide bonds. The van der Waals surface area contributed by atoms with Crippen molar-refractivity contribution in [1.82, 2.24) is 14.9 Å². The van der Waals surface area contributed by atoms with Crippen LogP contribution in [0.3, 0.4) is 0 Å². The van der Waals surface area contributed by atoms with Gasteiger partial charge >= 0.3 is 5.97 Å². The summed E-state index contributed by atoms with van der Waals surface area (Å²) in [5, 5.41) is 4.07. The molecule has 39 heavy (non-hydrogen) atoms. The summed E-state index contributed by atoms with van der Waals surface area (Å²) in [7, 11) is 4.66. The molecule has 2 atom stereocenters. The summed E-state index contributed by atoms with van der Waals surface area (Å²) < 4.78 is 18.4. The van der Waals surface area contributed by atoms with E-state index in [1.54, 1.807) is 26.5 Å². The van der Waals surface area contributed by atoms with Gasteiger partial charge in [0.2, 0.25) is 0 Å². The fraction of sp³-hybridized carbons (Fsp3) is 0.233. The number of nitrogens with one attached hydrogen (secondary N) is 1. The maximum absolute atomic E-state index is 12.2. The van der Waals surface area contributed by atoms with Crippen LogP contribution >= 0.6 is 12.2 Å². The minimum Gasteiger partial charge on any atom is -0.497 e. The van der Waals surface area contributed by atoms with Gasteiger partial charge in [0.15, 0.2) is 5.11 Å². The largest absolute Gasteiger partial charge is 0.497 e. The Balaban J connectivity index is 1.70. The molecule has 1 fully saturated rings. The van der Waals surface area contributed by atoms with Crippen molar-refractivity contribution in [1.29, 1.82) is 0 Å². The van der Waals surface area contributed by atoms with E-state index in [1.165, 1.54) is 7.11 Å². The number of rotatable bonds is 7. The van der Waals surface area contributed by atoms with Crippen LogP contribution in [-0.2, 0) is 4.74 Å². The second-order valence-corrected chi connectivity index (χ2v) is 9.62. The van der Waals surface area contributed by atoms with Gasteiger partial charge in [0.05, 0.1) is 50.4 Å². The van der Waals surface area contributed by atoms with Crippen LogP contribution in [0.2, 0.25) is 0 Å². The lowest BCUT2D eigenvalue weighted by Gasteiger charge is -2.29. The minimum atomic E-state index is -0.378. The Morgan fingerprint density at radius 3 is 2.49 bits per heavy atom. The minimum absolute atomic E-state index is 0.232. The molecule has 0 saturated carbocycles. The molecule has 0 radical (unpaired) electrons. The molecule has 1 N–H and O–H groups in total. The number of methoxy groups -OCH3 is 3. The van der Waals surface area contributed by atoms with Gasteiger partial charge in [-0.1, -0.05) is 12.1 Å². The van der Waals surface area contributed by atoms with Gasteiger partial charge in [-0.15, -0.1) is 0 Å². The van der Waals surface area contributed by atoms with Gasteiger partial charge in [0.1, 0.15) is 11.5 Å². The van der Waals surface area contributed by atoms with Crippen LogP contribution in [0.5, 0.6) is 11.5 Å². The Labute approximate surface area is 233 Å². The number of nitrogens with zero attached hydrogens (tertiary/aromatic N) is 3. The molecular weight excluding hydrogens is 512 g/mol. The quantitative estimate of drug-likeness (QED) is 0.243. The first-order valence-electron chi connectivity index (χ1n) is 12.5. The molecule has 0 bridgehead atoms. The zero-order valence-corrected chi connectivity index (χ0v) is 23.3. The number of hydrogen-bond acceptors (Lipinski definition) is 6. The number of thiocarbonyl (C=S) groups is 1. The van der Waals surface area contributed by atoms with Gasteiger partial charge in [-0.25, -0.2) is 4.79 Å². The third-order valence-corrected chi connectivity index (χ3v) is 7.37. The number of hydrogen-bond donors (Lipinski definition) is 1. The molecule has 200 valence electrons. The molecule has 0 spiro atoms. The first-order valence-corrected chi connectivity index (χ1v) is 12.9. The fourth-order valence-corrected chi connectivity index (χ4v) is 5.63. The Morgan fingerprint density at radius 1 is 0.974 bits per heavy atom. The van der Waals surface area contributed by atoms with Crippen molar-refractivity contribution >= 4 is 29.0 Å². The molecule has 8 nitrogen and oxygen atoms in total. The van der Waals surface area contributed by atoms with E-state index in [1.807, 2.05) is 61.5 Å². The van der Waals surface area contributed by atoms with E-state index in [9.17, 15) is 4.79 Å². The predicted octanol–water partition coefficient (Wildman–Crippen LogP) is 5.47. The second-order valence-electron chi connectivity index (χ2n) is 9.24. The normalized spacial score (nSPS) is 16.6. The third kappa shape index (κ3) is 4.70. The number of carbonyl (C=O) groups is 1. The number of benzene rings is 2. The highest BCUT2D eigenvalue weighted by molar-refractivity contribution is 7.80. The van der Waals surface area contributed by atoms with Gasteiger partial charge in [-0.2, -0.15) is 0 Å². The van der Waals surface area contributed by atoms with Gasteiger partial charge in [0.25, 0.3) is 0 Å². The van der Waals surface area contributed by atoms with Crippen molar-refractivity contribution in [3.05, 3.63) is 101 Å². The molecule has 1 aliphatic heterocycles. The van der Waals surface area contributed by atoms with Crippen molar-refractivity contribution in [2.75, 3.05) is 26.2 Å². The highest BCUT2D eigenvalue weighted by atomic mass is 32.1. The number of aryl methyl sites for hydroxylation is 1. The molecule has 1 saturated heterocycles. The maximum Gasteiger partial charge on any atom is 0.337 e. The smallest absolute Gasteiger partial charge is 0.337 e. The molecule has 1 aliphatic rings. The zero-order chi connectivity index (χ0) is 27.7. The third-order valence-electron chi connectivity index (χ3n) is 7.06. The lowest BCUT2D eigenvalue weighted by molar-refractivity contribution is 0.0600. The van der Waals surface area contributed by atoms with E-state index in [4.69, 9.17) is 26.4 Å². The summed E-state index contributed by atoms with van der Waals surface area (Å²) in [5.74, 6) is 0.987. The molecule has 0 unspecified atom stereocenters. The molecule has 9 heteroatoms. The van der Waals surface area contributed by atoms with E-state index in [0.29, 0.717) is 22.2 Å². The molecule has 2 aromatic carbocycles. The molecule has 2 aromatic heterocycles. The van der Waals surface area contributed by atoms with Crippen LogP contribution in [-0.4, -0.2) is 42.0 Å². The van der Waals surface area contributed by atoms with Crippen molar-refractivity contribution in [3.63, 3.8) is 0 Å². The van der Waals surface area contributed by atoms with E-state index in [2.05, 4.69) is 32.8 Å². The van der Waals surface area contributed by atoms with Gasteiger partial charge in [-0.05, 0) is 80.2 Å². The average molecular weight is 543 g/mol. The van der Waals surface area contributed by atoms with Crippen molar-refractivity contribution in [2.24, 2.45) is 0 Å². The van der Waals surface area contributed by atoms with Crippen LogP contribution in [0.1, 0.15) is 45.1 Å². The lowest BCUT2D eigenvalue weighted by Crippen LogP contribution is -2.30. The van der Waals surface area contributed by atoms with Gasteiger partial charge in [-0.3, -0.25) is 4.98 Å². The number of anilines is 1. The average Bonchev–Trinajstić information content (AvgIpc) is 3.47. The standard InChI is InChI=1S/C30H30N4O4S/c1-18-15-23(19(2)33(18)21-10-8-9-20(16-21)29(35)38-5)28-27(24-11-6-7-14-31-24)32-30(39)34(28)25-17-22(36-3)12-13-26(25)37-4/h6-17,27-28H,1-5H3,(H,32,39)/t27-,28-/m1/s1. The van der Waals surface area contributed by atoms with E-state index >= 15 is 0 Å². The molecule has 5 rings (SSSR count). The van der Waals surface area contributed by atoms with E-state index < -0.39 is 0 Å². The zero-order valence-electron chi connectivity index (χ0n) is 22.5. The highest BCUT2D eigenvalue weighted by Gasteiger charge is 2.43. The van der Waals surface area contributed by atoms with Crippen molar-refractivity contribution in [3.8, 4) is 17.2 Å². The van der Waals surface area contributed by atoms with Crippen molar-refractivity contribution < 1.29 is 19.0 Å². The Bertz CT molecular complexity index is 1540. The highest BCUT2D eigenvalue weighted by Crippen LogP contribution is 2.47. The summed E-state index contributed by atoms with van der Waals surface area (Å²) in [4.78, 5) is 19.0.